The van der Waals surface area contributed by atoms with Crippen LogP contribution < -0.4 is 10.1 Å². The van der Waals surface area contributed by atoms with Crippen molar-refractivity contribution in [3.05, 3.63) is 42.0 Å². The van der Waals surface area contributed by atoms with Crippen LogP contribution in [0.15, 0.2) is 36.4 Å². The number of fused-ring (bicyclic) bond motifs is 1. The summed E-state index contributed by atoms with van der Waals surface area (Å²) in [5.74, 6) is 1.84. The van der Waals surface area contributed by atoms with Crippen LogP contribution in [-0.4, -0.2) is 13.2 Å². The molecule has 0 heterocycles. The van der Waals surface area contributed by atoms with E-state index in [9.17, 15) is 0 Å². The van der Waals surface area contributed by atoms with E-state index in [0.717, 1.165) is 37.8 Å². The van der Waals surface area contributed by atoms with Crippen molar-refractivity contribution in [3.8, 4) is 5.75 Å². The van der Waals surface area contributed by atoms with Crippen molar-refractivity contribution in [2.75, 3.05) is 13.2 Å². The van der Waals surface area contributed by atoms with Gasteiger partial charge in [-0.25, -0.2) is 0 Å². The van der Waals surface area contributed by atoms with Crippen LogP contribution in [0.1, 0.15) is 31.7 Å². The maximum atomic E-state index is 6.06. The van der Waals surface area contributed by atoms with Crippen LogP contribution in [0.2, 0.25) is 0 Å². The largest absolute Gasteiger partial charge is 0.493 e. The molecule has 0 bridgehead atoms. The lowest BCUT2D eigenvalue weighted by atomic mass is 10.0. The van der Waals surface area contributed by atoms with Crippen LogP contribution in [0.4, 0.5) is 0 Å². The molecule has 2 heteroatoms. The Morgan fingerprint density at radius 3 is 2.80 bits per heavy atom. The van der Waals surface area contributed by atoms with Crippen LogP contribution in [-0.2, 0) is 6.54 Å². The summed E-state index contributed by atoms with van der Waals surface area (Å²) >= 11 is 0. The molecule has 0 unspecified atom stereocenters. The van der Waals surface area contributed by atoms with Gasteiger partial charge in [0.1, 0.15) is 5.75 Å². The molecule has 0 aromatic heterocycles. The Balaban J connectivity index is 1.87. The van der Waals surface area contributed by atoms with Crippen molar-refractivity contribution in [2.45, 2.75) is 32.7 Å². The average molecular weight is 269 g/mol. The van der Waals surface area contributed by atoms with Gasteiger partial charge in [0, 0.05) is 12.1 Å². The van der Waals surface area contributed by atoms with Gasteiger partial charge in [0.25, 0.3) is 0 Å². The topological polar surface area (TPSA) is 21.3 Å². The fourth-order valence-electron chi connectivity index (χ4n) is 2.52. The van der Waals surface area contributed by atoms with E-state index in [-0.39, 0.29) is 0 Å². The summed E-state index contributed by atoms with van der Waals surface area (Å²) in [6, 6.07) is 12.9. The van der Waals surface area contributed by atoms with Crippen LogP contribution in [0.5, 0.6) is 5.75 Å². The number of hydrogen-bond donors (Lipinski definition) is 1. The lowest BCUT2D eigenvalue weighted by Crippen LogP contribution is -2.15. The van der Waals surface area contributed by atoms with Crippen molar-refractivity contribution < 1.29 is 4.74 Å². The van der Waals surface area contributed by atoms with E-state index in [1.807, 2.05) is 0 Å². The fraction of sp³-hybridized carbons (Fsp3) is 0.444. The molecule has 1 saturated carbocycles. The Bertz CT molecular complexity index is 575. The highest BCUT2D eigenvalue weighted by Gasteiger charge is 2.22. The van der Waals surface area contributed by atoms with Gasteiger partial charge >= 0.3 is 0 Å². The third kappa shape index (κ3) is 3.13. The monoisotopic (exact) mass is 269 g/mol. The molecule has 0 atom stereocenters. The fourth-order valence-corrected chi connectivity index (χ4v) is 2.52. The quantitative estimate of drug-likeness (QED) is 0.763. The van der Waals surface area contributed by atoms with Crippen LogP contribution in [0.25, 0.3) is 10.8 Å². The Morgan fingerprint density at radius 2 is 2.00 bits per heavy atom. The zero-order valence-electron chi connectivity index (χ0n) is 12.2. The van der Waals surface area contributed by atoms with Crippen molar-refractivity contribution in [1.82, 2.24) is 5.32 Å². The second kappa shape index (κ2) is 6.27. The first-order chi connectivity index (χ1) is 9.88. The van der Waals surface area contributed by atoms with E-state index < -0.39 is 0 Å². The average Bonchev–Trinajstić information content (AvgIpc) is 3.30. The van der Waals surface area contributed by atoms with Crippen LogP contribution in [0, 0.1) is 5.92 Å². The molecular weight excluding hydrogens is 246 g/mol. The summed E-state index contributed by atoms with van der Waals surface area (Å²) in [5, 5.41) is 6.11. The van der Waals surface area contributed by atoms with E-state index in [1.54, 1.807) is 0 Å². The van der Waals surface area contributed by atoms with Crippen molar-refractivity contribution in [3.63, 3.8) is 0 Å². The van der Waals surface area contributed by atoms with Gasteiger partial charge in [0.2, 0.25) is 0 Å². The molecule has 1 aliphatic carbocycles. The summed E-state index contributed by atoms with van der Waals surface area (Å²) < 4.78 is 6.06. The SMILES string of the molecule is CCCNCc1c(OCC2CC2)ccc2ccccc12. The first-order valence-electron chi connectivity index (χ1n) is 7.72. The highest BCUT2D eigenvalue weighted by atomic mass is 16.5. The van der Waals surface area contributed by atoms with Crippen molar-refractivity contribution >= 4 is 10.8 Å². The minimum Gasteiger partial charge on any atom is -0.493 e. The molecule has 1 fully saturated rings. The minimum absolute atomic E-state index is 0.790. The molecule has 0 radical (unpaired) electrons. The third-order valence-corrected chi connectivity index (χ3v) is 3.90. The third-order valence-electron chi connectivity index (χ3n) is 3.90. The smallest absolute Gasteiger partial charge is 0.124 e. The number of rotatable bonds is 7. The molecular formula is C18H23NO. The van der Waals surface area contributed by atoms with E-state index in [0.29, 0.717) is 0 Å². The minimum atomic E-state index is 0.790. The highest BCUT2D eigenvalue weighted by molar-refractivity contribution is 5.87. The second-order valence-electron chi connectivity index (χ2n) is 5.69. The Labute approximate surface area is 121 Å². The lowest BCUT2D eigenvalue weighted by molar-refractivity contribution is 0.296. The van der Waals surface area contributed by atoms with Gasteiger partial charge in [-0.3, -0.25) is 0 Å². The molecule has 1 aliphatic rings. The Hall–Kier alpha value is -1.54. The molecule has 0 saturated heterocycles. The Morgan fingerprint density at radius 1 is 1.15 bits per heavy atom. The number of nitrogens with one attached hydrogen (secondary N) is 1. The van der Waals surface area contributed by atoms with Crippen molar-refractivity contribution in [2.24, 2.45) is 5.92 Å². The first kappa shape index (κ1) is 13.4. The van der Waals surface area contributed by atoms with Crippen molar-refractivity contribution in [1.29, 1.82) is 0 Å². The maximum absolute atomic E-state index is 6.06. The van der Waals surface area contributed by atoms with E-state index in [4.69, 9.17) is 4.74 Å². The summed E-state index contributed by atoms with van der Waals surface area (Å²) in [6.07, 6.45) is 3.82. The molecule has 2 aromatic rings. The molecule has 0 amide bonds. The molecule has 20 heavy (non-hydrogen) atoms. The van der Waals surface area contributed by atoms with Gasteiger partial charge < -0.3 is 10.1 Å². The maximum Gasteiger partial charge on any atom is 0.124 e. The van der Waals surface area contributed by atoms with Gasteiger partial charge in [-0.05, 0) is 48.6 Å². The molecule has 106 valence electrons. The normalized spacial score (nSPS) is 14.7. The number of hydrogen-bond acceptors (Lipinski definition) is 2. The summed E-state index contributed by atoms with van der Waals surface area (Å²) in [6.45, 7) is 5.00. The zero-order chi connectivity index (χ0) is 13.8. The van der Waals surface area contributed by atoms with Gasteiger partial charge in [0.05, 0.1) is 6.61 Å². The van der Waals surface area contributed by atoms with Gasteiger partial charge in [0.15, 0.2) is 0 Å². The molecule has 1 N–H and O–H groups in total. The summed E-state index contributed by atoms with van der Waals surface area (Å²) in [7, 11) is 0. The molecule has 3 rings (SSSR count). The van der Waals surface area contributed by atoms with E-state index >= 15 is 0 Å². The predicted octanol–water partition coefficient (Wildman–Crippen LogP) is 4.13. The number of benzene rings is 2. The van der Waals surface area contributed by atoms with Gasteiger partial charge in [-0.1, -0.05) is 37.3 Å². The van der Waals surface area contributed by atoms with Gasteiger partial charge in [-0.15, -0.1) is 0 Å². The Kier molecular flexibility index (Phi) is 4.22. The summed E-state index contributed by atoms with van der Waals surface area (Å²) in [4.78, 5) is 0. The molecule has 0 aliphatic heterocycles. The van der Waals surface area contributed by atoms with E-state index in [2.05, 4.69) is 48.6 Å². The standard InChI is InChI=1S/C18H23NO/c1-2-11-19-12-17-16-6-4-3-5-15(16)9-10-18(17)20-13-14-7-8-14/h3-6,9-10,14,19H,2,7-8,11-13H2,1H3. The number of ether oxygens (including phenoxy) is 1. The van der Waals surface area contributed by atoms with Gasteiger partial charge in [-0.2, -0.15) is 0 Å². The second-order valence-corrected chi connectivity index (χ2v) is 5.69. The van der Waals surface area contributed by atoms with Crippen LogP contribution >= 0.6 is 0 Å². The molecule has 2 aromatic carbocycles. The summed E-state index contributed by atoms with van der Waals surface area (Å²) in [5.41, 5.74) is 1.30. The van der Waals surface area contributed by atoms with Crippen LogP contribution in [0.3, 0.4) is 0 Å². The lowest BCUT2D eigenvalue weighted by Gasteiger charge is -2.15. The first-order valence-corrected chi connectivity index (χ1v) is 7.72. The molecule has 2 nitrogen and oxygen atoms in total. The zero-order valence-corrected chi connectivity index (χ0v) is 12.2. The molecule has 0 spiro atoms. The van der Waals surface area contributed by atoms with E-state index in [1.165, 1.54) is 29.2 Å². The predicted molar refractivity (Wildman–Crippen MR) is 84.2 cm³/mol. The highest BCUT2D eigenvalue weighted by Crippen LogP contribution is 2.32.